The Bertz CT molecular complexity index is 691. The monoisotopic (exact) mass is 335 g/mol. The molecule has 7 heteroatoms. The van der Waals surface area contributed by atoms with Crippen LogP contribution in [0.1, 0.15) is 6.92 Å². The molecule has 0 aliphatic carbocycles. The van der Waals surface area contributed by atoms with Crippen LogP contribution in [0.5, 0.6) is 0 Å². The van der Waals surface area contributed by atoms with Crippen LogP contribution in [0.15, 0.2) is 30.5 Å². The fourth-order valence-electron chi connectivity index (χ4n) is 2.55. The summed E-state index contributed by atoms with van der Waals surface area (Å²) in [7, 11) is 0. The molecule has 1 aliphatic rings. The van der Waals surface area contributed by atoms with Crippen molar-refractivity contribution in [3.8, 4) is 10.4 Å². The Balaban J connectivity index is 1.70. The summed E-state index contributed by atoms with van der Waals surface area (Å²) in [5, 5.41) is 3.34. The zero-order chi connectivity index (χ0) is 16.2. The van der Waals surface area contributed by atoms with Crippen molar-refractivity contribution in [2.75, 3.05) is 31.6 Å². The van der Waals surface area contributed by atoms with Crippen LogP contribution in [-0.4, -0.2) is 48.1 Å². The van der Waals surface area contributed by atoms with Gasteiger partial charge in [-0.25, -0.2) is 9.37 Å². The van der Waals surface area contributed by atoms with Gasteiger partial charge in [0.05, 0.1) is 18.1 Å². The molecule has 0 bridgehead atoms. The van der Waals surface area contributed by atoms with E-state index >= 15 is 0 Å². The van der Waals surface area contributed by atoms with E-state index in [1.807, 2.05) is 13.0 Å². The first kappa shape index (κ1) is 16.0. The van der Waals surface area contributed by atoms with Gasteiger partial charge in [-0.1, -0.05) is 30.4 Å². The molecule has 122 valence electrons. The van der Waals surface area contributed by atoms with Crippen molar-refractivity contribution in [2.45, 2.75) is 13.0 Å². The molecule has 1 atom stereocenters. The Morgan fingerprint density at radius 1 is 1.57 bits per heavy atom. The van der Waals surface area contributed by atoms with Crippen LogP contribution in [0.4, 0.5) is 9.52 Å². The molecule has 0 spiro atoms. The van der Waals surface area contributed by atoms with Crippen molar-refractivity contribution < 1.29 is 13.9 Å². The molecule has 1 aromatic heterocycles. The van der Waals surface area contributed by atoms with Crippen molar-refractivity contribution in [1.82, 2.24) is 9.88 Å². The van der Waals surface area contributed by atoms with Gasteiger partial charge in [-0.05, 0) is 24.2 Å². The summed E-state index contributed by atoms with van der Waals surface area (Å²) < 4.78 is 18.7. The highest BCUT2D eigenvalue weighted by Crippen LogP contribution is 2.29. The largest absolute Gasteiger partial charge is 0.378 e. The molecule has 23 heavy (non-hydrogen) atoms. The number of likely N-dealkylation sites (N-methyl/N-ethyl adjacent to an activating group) is 1. The Morgan fingerprint density at radius 2 is 2.43 bits per heavy atom. The number of halogens is 1. The van der Waals surface area contributed by atoms with Gasteiger partial charge in [0.1, 0.15) is 11.9 Å². The Labute approximate surface area is 138 Å². The van der Waals surface area contributed by atoms with E-state index in [1.54, 1.807) is 12.3 Å². The van der Waals surface area contributed by atoms with Gasteiger partial charge in [-0.2, -0.15) is 0 Å². The molecular weight excluding hydrogens is 317 g/mol. The van der Waals surface area contributed by atoms with Gasteiger partial charge in [0.25, 0.3) is 0 Å². The van der Waals surface area contributed by atoms with E-state index in [2.05, 4.69) is 15.2 Å². The lowest BCUT2D eigenvalue weighted by molar-refractivity contribution is -0.127. The van der Waals surface area contributed by atoms with Crippen LogP contribution in [0, 0.1) is 5.82 Å². The molecule has 2 aromatic rings. The van der Waals surface area contributed by atoms with Gasteiger partial charge in [0.15, 0.2) is 5.13 Å². The van der Waals surface area contributed by atoms with Gasteiger partial charge < -0.3 is 10.1 Å². The first-order chi connectivity index (χ1) is 11.2. The maximum Gasteiger partial charge on any atom is 0.245 e. The number of benzene rings is 1. The first-order valence-electron chi connectivity index (χ1n) is 7.52. The third-order valence-electron chi connectivity index (χ3n) is 3.79. The molecule has 1 saturated heterocycles. The number of anilines is 1. The zero-order valence-electron chi connectivity index (χ0n) is 12.8. The fraction of sp³-hybridized carbons (Fsp3) is 0.375. The fourth-order valence-corrected chi connectivity index (χ4v) is 3.37. The van der Waals surface area contributed by atoms with Crippen LogP contribution in [0.3, 0.4) is 0 Å². The molecule has 0 radical (unpaired) electrons. The van der Waals surface area contributed by atoms with Gasteiger partial charge in [0, 0.05) is 12.7 Å². The summed E-state index contributed by atoms with van der Waals surface area (Å²) in [6, 6.07) is 6.02. The van der Waals surface area contributed by atoms with Gasteiger partial charge in [-0.3, -0.25) is 9.69 Å². The number of amides is 1. The van der Waals surface area contributed by atoms with Gasteiger partial charge >= 0.3 is 0 Å². The highest BCUT2D eigenvalue weighted by Gasteiger charge is 2.28. The van der Waals surface area contributed by atoms with Gasteiger partial charge in [-0.15, -0.1) is 0 Å². The Morgan fingerprint density at radius 3 is 3.22 bits per heavy atom. The van der Waals surface area contributed by atoms with Gasteiger partial charge in [0.2, 0.25) is 5.91 Å². The molecule has 1 N–H and O–H groups in total. The van der Waals surface area contributed by atoms with Crippen LogP contribution in [-0.2, 0) is 9.53 Å². The van der Waals surface area contributed by atoms with Crippen molar-refractivity contribution in [2.24, 2.45) is 0 Å². The van der Waals surface area contributed by atoms with E-state index in [0.29, 0.717) is 18.3 Å². The van der Waals surface area contributed by atoms with Crippen molar-refractivity contribution >= 4 is 22.4 Å². The molecule has 1 amide bonds. The molecule has 3 rings (SSSR count). The lowest BCUT2D eigenvalue weighted by Gasteiger charge is -2.33. The van der Waals surface area contributed by atoms with E-state index in [4.69, 9.17) is 4.74 Å². The highest BCUT2D eigenvalue weighted by atomic mass is 32.1. The topological polar surface area (TPSA) is 54.5 Å². The normalized spacial score (nSPS) is 18.8. The van der Waals surface area contributed by atoms with E-state index in [0.717, 1.165) is 23.5 Å². The number of morpholine rings is 1. The highest BCUT2D eigenvalue weighted by molar-refractivity contribution is 7.19. The number of ether oxygens (including phenoxy) is 1. The second-order valence-corrected chi connectivity index (χ2v) is 6.28. The van der Waals surface area contributed by atoms with E-state index < -0.39 is 0 Å². The van der Waals surface area contributed by atoms with Crippen LogP contribution < -0.4 is 5.32 Å². The lowest BCUT2D eigenvalue weighted by Crippen LogP contribution is -2.51. The third kappa shape index (κ3) is 3.74. The zero-order valence-corrected chi connectivity index (χ0v) is 13.6. The number of aromatic nitrogens is 1. The molecular formula is C16H18FN3O2S. The number of thiazole rings is 1. The number of carbonyl (C=O) groups excluding carboxylic acids is 1. The van der Waals surface area contributed by atoms with E-state index in [1.165, 1.54) is 23.5 Å². The van der Waals surface area contributed by atoms with Crippen molar-refractivity contribution in [3.63, 3.8) is 0 Å². The predicted octanol–water partition coefficient (Wildman–Crippen LogP) is 2.61. The van der Waals surface area contributed by atoms with Crippen molar-refractivity contribution in [1.29, 1.82) is 0 Å². The summed E-state index contributed by atoms with van der Waals surface area (Å²) in [5.74, 6) is -0.411. The summed E-state index contributed by atoms with van der Waals surface area (Å²) in [4.78, 5) is 19.5. The Kier molecular flexibility index (Phi) is 5.00. The minimum atomic E-state index is -0.296. The maximum atomic E-state index is 13.3. The third-order valence-corrected chi connectivity index (χ3v) is 4.75. The SMILES string of the molecule is CCN1CCOCC1C(=O)Nc1ncc(-c2cccc(F)c2)s1. The summed E-state index contributed by atoms with van der Waals surface area (Å²) in [6.07, 6.45) is 1.64. The molecule has 1 fully saturated rings. The lowest BCUT2D eigenvalue weighted by atomic mass is 10.2. The average Bonchev–Trinajstić information content (AvgIpc) is 3.03. The smallest absolute Gasteiger partial charge is 0.245 e. The summed E-state index contributed by atoms with van der Waals surface area (Å²) >= 11 is 1.33. The van der Waals surface area contributed by atoms with Crippen molar-refractivity contribution in [3.05, 3.63) is 36.3 Å². The molecule has 1 aliphatic heterocycles. The minimum Gasteiger partial charge on any atom is -0.378 e. The summed E-state index contributed by atoms with van der Waals surface area (Å²) in [6.45, 7) is 4.62. The number of rotatable bonds is 4. The van der Waals surface area contributed by atoms with E-state index in [-0.39, 0.29) is 17.8 Å². The molecule has 1 aromatic carbocycles. The second-order valence-electron chi connectivity index (χ2n) is 5.25. The van der Waals surface area contributed by atoms with E-state index in [9.17, 15) is 9.18 Å². The van der Waals surface area contributed by atoms with Crippen LogP contribution in [0.25, 0.3) is 10.4 Å². The van der Waals surface area contributed by atoms with Crippen LogP contribution >= 0.6 is 11.3 Å². The number of nitrogens with zero attached hydrogens (tertiary/aromatic N) is 2. The Hall–Kier alpha value is -1.83. The molecule has 5 nitrogen and oxygen atoms in total. The quantitative estimate of drug-likeness (QED) is 0.933. The maximum absolute atomic E-state index is 13.3. The second kappa shape index (κ2) is 7.16. The van der Waals surface area contributed by atoms with Crippen LogP contribution in [0.2, 0.25) is 0 Å². The standard InChI is InChI=1S/C16H18FN3O2S/c1-2-20-6-7-22-10-13(20)15(21)19-16-18-9-14(23-16)11-4-3-5-12(17)8-11/h3-5,8-9,13H,2,6-7,10H2,1H3,(H,18,19,21). The first-order valence-corrected chi connectivity index (χ1v) is 8.33. The predicted molar refractivity (Wildman–Crippen MR) is 88.0 cm³/mol. The molecule has 1 unspecified atom stereocenters. The molecule has 0 saturated carbocycles. The molecule has 2 heterocycles. The number of hydrogen-bond acceptors (Lipinski definition) is 5. The minimum absolute atomic E-state index is 0.119. The number of carbonyl (C=O) groups is 1. The average molecular weight is 335 g/mol. The summed E-state index contributed by atoms with van der Waals surface area (Å²) in [5.41, 5.74) is 0.749. The number of hydrogen-bond donors (Lipinski definition) is 1. The number of nitrogens with one attached hydrogen (secondary N) is 1.